The molecule has 1 saturated heterocycles. The molecule has 120 valence electrons. The first-order valence-corrected chi connectivity index (χ1v) is 7.35. The molecule has 0 bridgehead atoms. The molecule has 0 aliphatic carbocycles. The Hall–Kier alpha value is -2.67. The molecule has 2 N–H and O–H groups in total. The van der Waals surface area contributed by atoms with Crippen molar-refractivity contribution in [2.75, 3.05) is 13.2 Å². The van der Waals surface area contributed by atoms with E-state index in [1.807, 2.05) is 0 Å². The Bertz CT molecular complexity index is 712. The van der Waals surface area contributed by atoms with Crippen molar-refractivity contribution in [3.8, 4) is 11.5 Å². The first kappa shape index (κ1) is 16.7. The van der Waals surface area contributed by atoms with Crippen molar-refractivity contribution in [1.82, 2.24) is 10.2 Å². The molecule has 0 atom stereocenters. The highest BCUT2D eigenvalue weighted by atomic mass is 32.1. The number of aromatic hydroxyl groups is 1. The summed E-state index contributed by atoms with van der Waals surface area (Å²) in [6, 6.07) is 4.84. The molecule has 1 aliphatic rings. The Morgan fingerprint density at radius 2 is 2.17 bits per heavy atom. The number of benzene rings is 1. The number of carbonyl (C=O) groups excluding carboxylic acids is 2. The van der Waals surface area contributed by atoms with Crippen molar-refractivity contribution < 1.29 is 19.4 Å². The molecular weight excluding hydrogens is 316 g/mol. The third kappa shape index (κ3) is 3.40. The Morgan fingerprint density at radius 3 is 2.83 bits per heavy atom. The minimum Gasteiger partial charge on any atom is -0.504 e. The fraction of sp³-hybridized carbons (Fsp3) is 0.188. The topological polar surface area (TPSA) is 78.9 Å². The first-order chi connectivity index (χ1) is 11.0. The third-order valence-electron chi connectivity index (χ3n) is 3.13. The van der Waals surface area contributed by atoms with E-state index in [1.165, 1.54) is 17.1 Å². The molecule has 2 amide bonds. The van der Waals surface area contributed by atoms with Crippen LogP contribution in [0.1, 0.15) is 12.5 Å². The Kier molecular flexibility index (Phi) is 5.13. The number of thiocarbonyl (C=S) groups is 1. The summed E-state index contributed by atoms with van der Waals surface area (Å²) in [6.45, 7) is 5.91. The van der Waals surface area contributed by atoms with Crippen LogP contribution in [-0.4, -0.2) is 40.1 Å². The largest absolute Gasteiger partial charge is 0.504 e. The van der Waals surface area contributed by atoms with E-state index in [4.69, 9.17) is 17.0 Å². The minimum atomic E-state index is -0.610. The number of para-hydroxylation sites is 1. The van der Waals surface area contributed by atoms with E-state index in [9.17, 15) is 14.7 Å². The van der Waals surface area contributed by atoms with E-state index in [0.717, 1.165) is 0 Å². The summed E-state index contributed by atoms with van der Waals surface area (Å²) in [6.07, 6.45) is 2.82. The average Bonchev–Trinajstić information content (AvgIpc) is 2.51. The molecule has 1 fully saturated rings. The molecule has 0 unspecified atom stereocenters. The molecule has 23 heavy (non-hydrogen) atoms. The van der Waals surface area contributed by atoms with Gasteiger partial charge in [-0.25, -0.2) is 0 Å². The van der Waals surface area contributed by atoms with Gasteiger partial charge in [0.2, 0.25) is 0 Å². The van der Waals surface area contributed by atoms with Gasteiger partial charge in [-0.1, -0.05) is 18.2 Å². The molecule has 2 rings (SSSR count). The first-order valence-electron chi connectivity index (χ1n) is 6.94. The van der Waals surface area contributed by atoms with Crippen molar-refractivity contribution in [3.63, 3.8) is 0 Å². The van der Waals surface area contributed by atoms with Crippen LogP contribution in [0.25, 0.3) is 6.08 Å². The maximum Gasteiger partial charge on any atom is 0.265 e. The van der Waals surface area contributed by atoms with Gasteiger partial charge in [-0.05, 0) is 31.3 Å². The Morgan fingerprint density at radius 1 is 1.43 bits per heavy atom. The fourth-order valence-corrected chi connectivity index (χ4v) is 2.32. The zero-order valence-electron chi connectivity index (χ0n) is 12.5. The number of nitrogens with zero attached hydrogens (tertiary/aromatic N) is 1. The lowest BCUT2D eigenvalue weighted by Crippen LogP contribution is -2.53. The van der Waals surface area contributed by atoms with Crippen molar-refractivity contribution in [1.29, 1.82) is 0 Å². The summed E-state index contributed by atoms with van der Waals surface area (Å²) in [4.78, 5) is 25.7. The highest BCUT2D eigenvalue weighted by molar-refractivity contribution is 7.80. The van der Waals surface area contributed by atoms with Gasteiger partial charge in [0.15, 0.2) is 16.6 Å². The number of carbonyl (C=O) groups is 2. The zero-order valence-corrected chi connectivity index (χ0v) is 13.4. The summed E-state index contributed by atoms with van der Waals surface area (Å²) >= 11 is 4.97. The van der Waals surface area contributed by atoms with E-state index in [1.54, 1.807) is 25.1 Å². The molecule has 1 aromatic carbocycles. The summed E-state index contributed by atoms with van der Waals surface area (Å²) < 4.78 is 5.29. The van der Waals surface area contributed by atoms with Gasteiger partial charge in [-0.15, -0.1) is 6.58 Å². The van der Waals surface area contributed by atoms with Crippen LogP contribution in [0.5, 0.6) is 11.5 Å². The van der Waals surface area contributed by atoms with Gasteiger partial charge in [-0.2, -0.15) is 0 Å². The van der Waals surface area contributed by atoms with Gasteiger partial charge in [0, 0.05) is 12.1 Å². The van der Waals surface area contributed by atoms with Crippen molar-refractivity contribution in [3.05, 3.63) is 42.0 Å². The molecule has 1 heterocycles. The predicted molar refractivity (Wildman–Crippen MR) is 89.9 cm³/mol. The summed E-state index contributed by atoms with van der Waals surface area (Å²) in [7, 11) is 0. The van der Waals surface area contributed by atoms with E-state index in [2.05, 4.69) is 11.9 Å². The lowest BCUT2D eigenvalue weighted by atomic mass is 10.1. The zero-order chi connectivity index (χ0) is 17.0. The van der Waals surface area contributed by atoms with Crippen LogP contribution >= 0.6 is 12.2 Å². The van der Waals surface area contributed by atoms with Crippen LogP contribution in [0.3, 0.4) is 0 Å². The van der Waals surface area contributed by atoms with Crippen LogP contribution in [0.15, 0.2) is 36.4 Å². The molecule has 0 spiro atoms. The number of nitrogens with one attached hydrogen (secondary N) is 1. The number of hydrogen-bond donors (Lipinski definition) is 2. The number of phenolic OH excluding ortho intramolecular Hbond substituents is 1. The number of ether oxygens (including phenoxy) is 1. The lowest BCUT2D eigenvalue weighted by molar-refractivity contribution is -0.128. The van der Waals surface area contributed by atoms with Gasteiger partial charge < -0.3 is 9.84 Å². The molecule has 1 aromatic rings. The van der Waals surface area contributed by atoms with Gasteiger partial charge in [-0.3, -0.25) is 19.8 Å². The third-order valence-corrected chi connectivity index (χ3v) is 3.45. The monoisotopic (exact) mass is 332 g/mol. The highest BCUT2D eigenvalue weighted by Crippen LogP contribution is 2.31. The van der Waals surface area contributed by atoms with Crippen LogP contribution in [0, 0.1) is 0 Å². The average molecular weight is 332 g/mol. The summed E-state index contributed by atoms with van der Waals surface area (Å²) in [5.74, 6) is -1.00. The SMILES string of the molecule is C=CCN1C(=O)/C(=C/c2cccc(OCC)c2O)C(=O)NC1=S. The van der Waals surface area contributed by atoms with Crippen molar-refractivity contribution in [2.45, 2.75) is 6.92 Å². The maximum atomic E-state index is 12.4. The standard InChI is InChI=1S/C16H16N2O4S/c1-3-8-18-15(21)11(14(20)17-16(18)23)9-10-6-5-7-12(13(10)19)22-4-2/h3,5-7,9,19H,1,4,8H2,2H3,(H,17,20,23)/b11-9+. The van der Waals surface area contributed by atoms with Crippen LogP contribution in [0.4, 0.5) is 0 Å². The van der Waals surface area contributed by atoms with Crippen LogP contribution in [-0.2, 0) is 9.59 Å². The molecular formula is C16H16N2O4S. The predicted octanol–water partition coefficient (Wildman–Crippen LogP) is 1.60. The van der Waals surface area contributed by atoms with Gasteiger partial charge in [0.25, 0.3) is 11.8 Å². The Balaban J connectivity index is 2.43. The van der Waals surface area contributed by atoms with Crippen LogP contribution < -0.4 is 10.1 Å². The molecule has 7 heteroatoms. The van der Waals surface area contributed by atoms with E-state index < -0.39 is 11.8 Å². The molecule has 0 radical (unpaired) electrons. The number of amides is 2. The van der Waals surface area contributed by atoms with Crippen molar-refractivity contribution >= 4 is 35.2 Å². The lowest BCUT2D eigenvalue weighted by Gasteiger charge is -2.27. The summed E-state index contributed by atoms with van der Waals surface area (Å²) in [5.41, 5.74) is 0.185. The molecule has 0 saturated carbocycles. The molecule has 1 aliphatic heterocycles. The van der Waals surface area contributed by atoms with Gasteiger partial charge in [0.05, 0.1) is 6.61 Å². The smallest absolute Gasteiger partial charge is 0.265 e. The van der Waals surface area contributed by atoms with Crippen LogP contribution in [0.2, 0.25) is 0 Å². The van der Waals surface area contributed by atoms with E-state index in [-0.39, 0.29) is 28.7 Å². The second-order valence-electron chi connectivity index (χ2n) is 4.65. The quantitative estimate of drug-likeness (QED) is 0.371. The fourth-order valence-electron chi connectivity index (χ4n) is 2.07. The normalized spacial score (nSPS) is 16.5. The summed E-state index contributed by atoms with van der Waals surface area (Å²) in [5, 5.41) is 12.7. The second kappa shape index (κ2) is 7.06. The Labute approximate surface area is 139 Å². The number of phenols is 1. The van der Waals surface area contributed by atoms with Crippen molar-refractivity contribution in [2.24, 2.45) is 0 Å². The maximum absolute atomic E-state index is 12.4. The number of hydrogen-bond acceptors (Lipinski definition) is 5. The van der Waals surface area contributed by atoms with E-state index >= 15 is 0 Å². The molecule has 6 nitrogen and oxygen atoms in total. The highest BCUT2D eigenvalue weighted by Gasteiger charge is 2.32. The van der Waals surface area contributed by atoms with Gasteiger partial charge >= 0.3 is 0 Å². The minimum absolute atomic E-state index is 0.0318. The van der Waals surface area contributed by atoms with Gasteiger partial charge in [0.1, 0.15) is 5.57 Å². The number of rotatable bonds is 5. The second-order valence-corrected chi connectivity index (χ2v) is 5.04. The van der Waals surface area contributed by atoms with E-state index in [0.29, 0.717) is 12.2 Å². The molecule has 0 aromatic heterocycles.